The van der Waals surface area contributed by atoms with Crippen molar-refractivity contribution < 1.29 is 43.9 Å². The van der Waals surface area contributed by atoms with E-state index in [-0.39, 0.29) is 17.9 Å². The van der Waals surface area contributed by atoms with E-state index >= 15 is 0 Å². The van der Waals surface area contributed by atoms with Gasteiger partial charge in [-0.05, 0) is 31.9 Å². The first-order chi connectivity index (χ1) is 13.4. The number of rotatable bonds is 13. The third-order valence-electron chi connectivity index (χ3n) is 3.88. The second-order valence-corrected chi connectivity index (χ2v) is 9.42. The molecule has 0 heterocycles. The first-order valence-corrected chi connectivity index (χ1v) is 11.7. The molecule has 0 radical (unpaired) electrons. The Balaban J connectivity index is 2.12. The molecule has 0 spiro atoms. The fourth-order valence-electron chi connectivity index (χ4n) is 2.21. The van der Waals surface area contributed by atoms with Gasteiger partial charge in [-0.3, -0.25) is 8.74 Å². The molecule has 0 amide bonds. The van der Waals surface area contributed by atoms with Crippen LogP contribution in [0, 0.1) is 6.92 Å². The molecule has 0 saturated heterocycles. The Kier molecular flexibility index (Phi) is 9.59. The van der Waals surface area contributed by atoms with E-state index in [1.54, 1.807) is 12.1 Å². The minimum atomic E-state index is -5.85. The number of carbonyl (C=O) groups excluding carboxylic acids is 1. The van der Waals surface area contributed by atoms with E-state index in [1.165, 1.54) is 12.1 Å². The molecule has 0 aliphatic carbocycles. The summed E-state index contributed by atoms with van der Waals surface area (Å²) in [6.07, 6.45) is 3.38. The van der Waals surface area contributed by atoms with Crippen LogP contribution in [-0.2, 0) is 34.0 Å². The quantitative estimate of drug-likeness (QED) is 0.207. The van der Waals surface area contributed by atoms with Crippen LogP contribution in [0.2, 0.25) is 0 Å². The van der Waals surface area contributed by atoms with Gasteiger partial charge in [0.2, 0.25) is 0 Å². The van der Waals surface area contributed by atoms with Crippen molar-refractivity contribution in [1.29, 1.82) is 0 Å². The van der Waals surface area contributed by atoms with Gasteiger partial charge >= 0.3 is 21.3 Å². The highest BCUT2D eigenvalue weighted by Crippen LogP contribution is 2.22. The lowest BCUT2D eigenvalue weighted by molar-refractivity contribution is -0.161. The summed E-state index contributed by atoms with van der Waals surface area (Å²) in [5.74, 6) is -2.31. The van der Waals surface area contributed by atoms with Crippen LogP contribution < -0.4 is 0 Å². The van der Waals surface area contributed by atoms with E-state index in [9.17, 15) is 30.4 Å². The van der Waals surface area contributed by atoms with Gasteiger partial charge < -0.3 is 4.74 Å². The number of unbranched alkanes of at least 4 members (excludes halogenated alkanes) is 5. The maximum Gasteiger partial charge on any atom is 0.465 e. The summed E-state index contributed by atoms with van der Waals surface area (Å²) in [6, 6.07) is 6.31. The third kappa shape index (κ3) is 8.33. The number of ether oxygens (including phenoxy) is 1. The Morgan fingerprint density at radius 2 is 1.41 bits per heavy atom. The molecule has 0 atom stereocenters. The molecule has 1 N–H and O–H groups in total. The van der Waals surface area contributed by atoms with Crippen molar-refractivity contribution in [2.45, 2.75) is 55.6 Å². The Morgan fingerprint density at radius 1 is 0.931 bits per heavy atom. The van der Waals surface area contributed by atoms with Crippen molar-refractivity contribution >= 4 is 26.2 Å². The molecule has 29 heavy (non-hydrogen) atoms. The largest absolute Gasteiger partial charge is 0.465 e. The monoisotopic (exact) mass is 458 g/mol. The van der Waals surface area contributed by atoms with Crippen molar-refractivity contribution in [3.05, 3.63) is 29.8 Å². The first-order valence-electron chi connectivity index (χ1n) is 8.86. The summed E-state index contributed by atoms with van der Waals surface area (Å²) in [4.78, 5) is 11.0. The predicted octanol–water partition coefficient (Wildman–Crippen LogP) is 3.06. The topological polar surface area (TPSA) is 124 Å². The number of esters is 1. The minimum Gasteiger partial charge on any atom is -0.460 e. The summed E-state index contributed by atoms with van der Waals surface area (Å²) < 4.78 is 87.9. The molecule has 0 aliphatic rings. The van der Waals surface area contributed by atoms with E-state index < -0.39 is 38.1 Å². The number of alkyl halides is 2. The number of halogens is 2. The van der Waals surface area contributed by atoms with E-state index in [0.717, 1.165) is 12.0 Å². The highest BCUT2D eigenvalue weighted by molar-refractivity contribution is 7.87. The molecule has 0 aliphatic heterocycles. The Bertz CT molecular complexity index is 865. The number of benzene rings is 1. The van der Waals surface area contributed by atoms with Gasteiger partial charge in [0, 0.05) is 0 Å². The van der Waals surface area contributed by atoms with Gasteiger partial charge in [0.15, 0.2) is 0 Å². The summed E-state index contributed by atoms with van der Waals surface area (Å²) >= 11 is 0. The average Bonchev–Trinajstić information content (AvgIpc) is 2.62. The van der Waals surface area contributed by atoms with Crippen LogP contribution in [-0.4, -0.2) is 45.8 Å². The van der Waals surface area contributed by atoms with Crippen molar-refractivity contribution in [3.8, 4) is 0 Å². The fourth-order valence-corrected chi connectivity index (χ4v) is 3.42. The van der Waals surface area contributed by atoms with Crippen LogP contribution in [0.3, 0.4) is 0 Å². The first kappa shape index (κ1) is 25.4. The highest BCUT2D eigenvalue weighted by atomic mass is 32.2. The minimum absolute atomic E-state index is 0.0402. The highest BCUT2D eigenvalue weighted by Gasteiger charge is 2.54. The third-order valence-corrected chi connectivity index (χ3v) is 6.02. The molecule has 0 aromatic heterocycles. The van der Waals surface area contributed by atoms with E-state index in [1.807, 2.05) is 6.92 Å². The molecule has 8 nitrogen and oxygen atoms in total. The number of hydrogen-bond donors (Lipinski definition) is 1. The zero-order chi connectivity index (χ0) is 22.1. The van der Waals surface area contributed by atoms with E-state index in [4.69, 9.17) is 8.74 Å². The number of hydrogen-bond acceptors (Lipinski definition) is 7. The molecule has 0 bridgehead atoms. The standard InChI is InChI=1S/C17H24F2O8S2/c1-14-8-10-15(11-9-14)28(21,22)27-13-7-5-3-2-4-6-12-26-16(20)17(18,19)29(23,24)25/h8-11H,2-7,12-13H2,1H3,(H,23,24,25). The van der Waals surface area contributed by atoms with Crippen LogP contribution >= 0.6 is 0 Å². The fraction of sp³-hybridized carbons (Fsp3) is 0.588. The summed E-state index contributed by atoms with van der Waals surface area (Å²) in [6.45, 7) is 1.48. The second-order valence-electron chi connectivity index (χ2n) is 6.34. The molecular formula is C17H24F2O8S2. The zero-order valence-electron chi connectivity index (χ0n) is 15.8. The van der Waals surface area contributed by atoms with Gasteiger partial charge in [-0.15, -0.1) is 0 Å². The van der Waals surface area contributed by atoms with Gasteiger partial charge in [-0.1, -0.05) is 43.4 Å². The maximum absolute atomic E-state index is 12.9. The summed E-state index contributed by atoms with van der Waals surface area (Å²) in [5.41, 5.74) is 0.936. The van der Waals surface area contributed by atoms with Crippen molar-refractivity contribution in [2.24, 2.45) is 0 Å². The van der Waals surface area contributed by atoms with E-state index in [0.29, 0.717) is 25.7 Å². The van der Waals surface area contributed by atoms with Gasteiger partial charge in [0.05, 0.1) is 18.1 Å². The normalized spacial score (nSPS) is 12.7. The Hall–Kier alpha value is -1.63. The number of carbonyl (C=O) groups is 1. The van der Waals surface area contributed by atoms with Crippen LogP contribution in [0.1, 0.15) is 44.1 Å². The molecule has 1 aromatic rings. The van der Waals surface area contributed by atoms with Gasteiger partial charge in [-0.2, -0.15) is 25.6 Å². The Morgan fingerprint density at radius 3 is 1.93 bits per heavy atom. The van der Waals surface area contributed by atoms with Crippen LogP contribution in [0.5, 0.6) is 0 Å². The molecule has 0 unspecified atom stereocenters. The number of aryl methyl sites for hydroxylation is 1. The van der Waals surface area contributed by atoms with Crippen LogP contribution in [0.25, 0.3) is 0 Å². The van der Waals surface area contributed by atoms with Gasteiger partial charge in [0.1, 0.15) is 0 Å². The lowest BCUT2D eigenvalue weighted by atomic mass is 10.1. The lowest BCUT2D eigenvalue weighted by Crippen LogP contribution is -2.39. The molecular weight excluding hydrogens is 434 g/mol. The van der Waals surface area contributed by atoms with Crippen LogP contribution in [0.4, 0.5) is 8.78 Å². The predicted molar refractivity (Wildman–Crippen MR) is 99.5 cm³/mol. The van der Waals surface area contributed by atoms with Crippen molar-refractivity contribution in [3.63, 3.8) is 0 Å². The second kappa shape index (κ2) is 11.0. The molecule has 166 valence electrons. The smallest absolute Gasteiger partial charge is 0.460 e. The van der Waals surface area contributed by atoms with E-state index in [2.05, 4.69) is 4.74 Å². The summed E-state index contributed by atoms with van der Waals surface area (Å²) in [7, 11) is -9.64. The van der Waals surface area contributed by atoms with Gasteiger partial charge in [0.25, 0.3) is 10.1 Å². The summed E-state index contributed by atoms with van der Waals surface area (Å²) in [5, 5.41) is -4.98. The Labute approximate surface area is 169 Å². The molecule has 12 heteroatoms. The van der Waals surface area contributed by atoms with Crippen molar-refractivity contribution in [2.75, 3.05) is 13.2 Å². The van der Waals surface area contributed by atoms with Gasteiger partial charge in [-0.25, -0.2) is 4.79 Å². The zero-order valence-corrected chi connectivity index (χ0v) is 17.5. The van der Waals surface area contributed by atoms with Crippen molar-refractivity contribution in [1.82, 2.24) is 0 Å². The molecule has 1 rings (SSSR count). The molecule has 0 fully saturated rings. The average molecular weight is 459 g/mol. The molecule has 1 aromatic carbocycles. The SMILES string of the molecule is Cc1ccc(S(=O)(=O)OCCCCCCCCOC(=O)C(F)(F)S(=O)(=O)O)cc1. The van der Waals surface area contributed by atoms with Crippen LogP contribution in [0.15, 0.2) is 29.2 Å². The lowest BCUT2D eigenvalue weighted by Gasteiger charge is -2.11. The maximum atomic E-state index is 12.9. The molecule has 0 saturated carbocycles.